The number of unbranched alkanes of at least 4 members (excludes halogenated alkanes) is 4. The molecule has 6 nitrogen and oxygen atoms in total. The Hall–Kier alpha value is -1.92. The topological polar surface area (TPSA) is 76.7 Å². The zero-order chi connectivity index (χ0) is 22.2. The molecule has 1 rings (SSSR count). The summed E-state index contributed by atoms with van der Waals surface area (Å²) in [6.45, 7) is 6.46. The van der Waals surface area contributed by atoms with Crippen molar-refractivity contribution in [2.24, 2.45) is 0 Å². The van der Waals surface area contributed by atoms with E-state index in [0.717, 1.165) is 38.5 Å². The van der Waals surface area contributed by atoms with E-state index in [0.29, 0.717) is 19.6 Å². The molecule has 0 aliphatic carbocycles. The van der Waals surface area contributed by atoms with E-state index in [-0.39, 0.29) is 24.5 Å². The third-order valence-electron chi connectivity index (χ3n) is 4.56. The molecule has 1 aromatic rings. The highest BCUT2D eigenvalue weighted by molar-refractivity contribution is 5.77. The summed E-state index contributed by atoms with van der Waals surface area (Å²) in [5.74, 6) is -0.279. The van der Waals surface area contributed by atoms with Crippen LogP contribution in [0.3, 0.4) is 0 Å². The summed E-state index contributed by atoms with van der Waals surface area (Å²) in [7, 11) is 1.93. The molecule has 0 saturated carbocycles. The molecule has 6 heteroatoms. The first-order valence-electron chi connectivity index (χ1n) is 11.1. The standard InChI is InChI=1S/C24H40N2O4/c1-24(2,3)30-23(28)17-18-26-21(27)15-11-6-5-7-12-16-22(25-4)29-19-20-13-9-8-10-14-20/h8-10,13-14,22,25H,5-7,11-12,15-19H2,1-4H3,(H,26,27). The molecule has 0 fully saturated rings. The van der Waals surface area contributed by atoms with E-state index < -0.39 is 5.60 Å². The number of nitrogens with one attached hydrogen (secondary N) is 2. The Morgan fingerprint density at radius 1 is 0.967 bits per heavy atom. The van der Waals surface area contributed by atoms with Crippen LogP contribution in [0.5, 0.6) is 0 Å². The Morgan fingerprint density at radius 3 is 2.30 bits per heavy atom. The van der Waals surface area contributed by atoms with Crippen molar-refractivity contribution < 1.29 is 19.1 Å². The minimum atomic E-state index is -0.484. The molecule has 1 aromatic carbocycles. The number of ether oxygens (including phenoxy) is 2. The molecule has 0 aliphatic heterocycles. The van der Waals surface area contributed by atoms with Gasteiger partial charge in [-0.05, 0) is 52.6 Å². The van der Waals surface area contributed by atoms with Crippen LogP contribution in [0, 0.1) is 0 Å². The summed E-state index contributed by atoms with van der Waals surface area (Å²) in [6, 6.07) is 10.2. The second-order valence-corrected chi connectivity index (χ2v) is 8.57. The lowest BCUT2D eigenvalue weighted by Crippen LogP contribution is -2.29. The van der Waals surface area contributed by atoms with Gasteiger partial charge in [0.15, 0.2) is 0 Å². The van der Waals surface area contributed by atoms with Crippen molar-refractivity contribution in [3.8, 4) is 0 Å². The zero-order valence-corrected chi connectivity index (χ0v) is 19.2. The average Bonchev–Trinajstić information content (AvgIpc) is 2.69. The number of rotatable bonds is 15. The monoisotopic (exact) mass is 420 g/mol. The van der Waals surface area contributed by atoms with Gasteiger partial charge in [0.25, 0.3) is 0 Å². The molecule has 0 saturated heterocycles. The lowest BCUT2D eigenvalue weighted by Gasteiger charge is -2.19. The number of hydrogen-bond acceptors (Lipinski definition) is 5. The van der Waals surface area contributed by atoms with E-state index >= 15 is 0 Å². The summed E-state index contributed by atoms with van der Waals surface area (Å²) in [6.07, 6.45) is 7.02. The van der Waals surface area contributed by atoms with Crippen molar-refractivity contribution >= 4 is 11.9 Å². The molecule has 0 radical (unpaired) electrons. The second kappa shape index (κ2) is 15.0. The molecule has 30 heavy (non-hydrogen) atoms. The number of carbonyl (C=O) groups is 2. The smallest absolute Gasteiger partial charge is 0.308 e. The van der Waals surface area contributed by atoms with Gasteiger partial charge in [-0.3, -0.25) is 14.9 Å². The molecule has 1 atom stereocenters. The van der Waals surface area contributed by atoms with Crippen LogP contribution < -0.4 is 10.6 Å². The fourth-order valence-corrected chi connectivity index (χ4v) is 3.01. The summed E-state index contributed by atoms with van der Waals surface area (Å²) in [5.41, 5.74) is 0.699. The Morgan fingerprint density at radius 2 is 1.63 bits per heavy atom. The highest BCUT2D eigenvalue weighted by Gasteiger charge is 2.16. The second-order valence-electron chi connectivity index (χ2n) is 8.57. The van der Waals surface area contributed by atoms with Crippen LogP contribution in [0.25, 0.3) is 0 Å². The maximum atomic E-state index is 11.8. The van der Waals surface area contributed by atoms with Gasteiger partial charge in [-0.1, -0.05) is 49.6 Å². The number of carbonyl (C=O) groups excluding carboxylic acids is 2. The number of hydrogen-bond donors (Lipinski definition) is 2. The van der Waals surface area contributed by atoms with Crippen molar-refractivity contribution in [2.75, 3.05) is 13.6 Å². The van der Waals surface area contributed by atoms with E-state index in [4.69, 9.17) is 9.47 Å². The van der Waals surface area contributed by atoms with Crippen molar-refractivity contribution in [1.82, 2.24) is 10.6 Å². The van der Waals surface area contributed by atoms with Gasteiger partial charge in [-0.25, -0.2) is 0 Å². The van der Waals surface area contributed by atoms with Crippen molar-refractivity contribution in [3.63, 3.8) is 0 Å². The maximum Gasteiger partial charge on any atom is 0.308 e. The van der Waals surface area contributed by atoms with E-state index in [2.05, 4.69) is 22.8 Å². The number of benzene rings is 1. The van der Waals surface area contributed by atoms with Crippen molar-refractivity contribution in [2.45, 2.75) is 90.6 Å². The van der Waals surface area contributed by atoms with Crippen molar-refractivity contribution in [1.29, 1.82) is 0 Å². The van der Waals surface area contributed by atoms with Gasteiger partial charge in [0.1, 0.15) is 11.8 Å². The molecular weight excluding hydrogens is 380 g/mol. The Kier molecular flexibility index (Phi) is 13.0. The third-order valence-corrected chi connectivity index (χ3v) is 4.56. The third kappa shape index (κ3) is 14.1. The first kappa shape index (κ1) is 26.1. The van der Waals surface area contributed by atoms with Crippen LogP contribution in [-0.4, -0.2) is 37.3 Å². The fourth-order valence-electron chi connectivity index (χ4n) is 3.01. The van der Waals surface area contributed by atoms with E-state index in [1.165, 1.54) is 5.56 Å². The number of amides is 1. The van der Waals surface area contributed by atoms with Crippen LogP contribution in [0.1, 0.15) is 77.7 Å². The SMILES string of the molecule is CNC(CCCCCCCC(=O)NCCC(=O)OC(C)(C)C)OCc1ccccc1. The fraction of sp³-hybridized carbons (Fsp3) is 0.667. The van der Waals surface area contributed by atoms with E-state index in [1.54, 1.807) is 0 Å². The lowest BCUT2D eigenvalue weighted by atomic mass is 10.1. The molecule has 0 spiro atoms. The van der Waals surface area contributed by atoms with Gasteiger partial charge in [0.05, 0.1) is 13.0 Å². The summed E-state index contributed by atoms with van der Waals surface area (Å²) < 4.78 is 11.1. The van der Waals surface area contributed by atoms with Gasteiger partial charge < -0.3 is 14.8 Å². The Balaban J connectivity index is 1.99. The largest absolute Gasteiger partial charge is 0.460 e. The Labute approximate surface area is 182 Å². The first-order valence-corrected chi connectivity index (χ1v) is 11.1. The Bertz CT molecular complexity index is 599. The predicted octanol–water partition coefficient (Wildman–Crippen LogP) is 4.33. The summed E-state index contributed by atoms with van der Waals surface area (Å²) in [5, 5.41) is 6.01. The minimum absolute atomic E-state index is 0.00289. The molecule has 0 heterocycles. The molecule has 0 bridgehead atoms. The molecule has 1 amide bonds. The van der Waals surface area contributed by atoms with Gasteiger partial charge >= 0.3 is 5.97 Å². The lowest BCUT2D eigenvalue weighted by molar-refractivity contribution is -0.154. The van der Waals surface area contributed by atoms with Crippen LogP contribution in [0.15, 0.2) is 30.3 Å². The molecule has 2 N–H and O–H groups in total. The average molecular weight is 421 g/mol. The zero-order valence-electron chi connectivity index (χ0n) is 19.2. The number of esters is 1. The van der Waals surface area contributed by atoms with E-state index in [1.807, 2.05) is 46.0 Å². The van der Waals surface area contributed by atoms with Gasteiger partial charge in [0, 0.05) is 13.0 Å². The molecular formula is C24H40N2O4. The van der Waals surface area contributed by atoms with Crippen LogP contribution in [0.2, 0.25) is 0 Å². The highest BCUT2D eigenvalue weighted by atomic mass is 16.6. The summed E-state index contributed by atoms with van der Waals surface area (Å²) >= 11 is 0. The van der Waals surface area contributed by atoms with E-state index in [9.17, 15) is 9.59 Å². The molecule has 170 valence electrons. The van der Waals surface area contributed by atoms with Crippen LogP contribution in [0.4, 0.5) is 0 Å². The molecule has 1 unspecified atom stereocenters. The van der Waals surface area contributed by atoms with Gasteiger partial charge in [-0.15, -0.1) is 0 Å². The van der Waals surface area contributed by atoms with Crippen molar-refractivity contribution in [3.05, 3.63) is 35.9 Å². The molecule has 0 aliphatic rings. The normalized spacial score (nSPS) is 12.4. The van der Waals surface area contributed by atoms with Gasteiger partial charge in [0.2, 0.25) is 5.91 Å². The van der Waals surface area contributed by atoms with Crippen LogP contribution >= 0.6 is 0 Å². The first-order chi connectivity index (χ1) is 14.3. The minimum Gasteiger partial charge on any atom is -0.460 e. The molecule has 0 aromatic heterocycles. The predicted molar refractivity (Wildman–Crippen MR) is 120 cm³/mol. The highest BCUT2D eigenvalue weighted by Crippen LogP contribution is 2.11. The summed E-state index contributed by atoms with van der Waals surface area (Å²) in [4.78, 5) is 23.4. The maximum absolute atomic E-state index is 11.8. The van der Waals surface area contributed by atoms with Gasteiger partial charge in [-0.2, -0.15) is 0 Å². The quantitative estimate of drug-likeness (QED) is 0.251. The van der Waals surface area contributed by atoms with Crippen LogP contribution in [-0.2, 0) is 25.7 Å².